The van der Waals surface area contributed by atoms with Gasteiger partial charge in [0.15, 0.2) is 5.60 Å². The maximum Gasteiger partial charge on any atom is 0.416 e. The van der Waals surface area contributed by atoms with Crippen LogP contribution in [0.15, 0.2) is 103 Å². The van der Waals surface area contributed by atoms with Crippen molar-refractivity contribution in [2.45, 2.75) is 56.8 Å². The predicted molar refractivity (Wildman–Crippen MR) is 226 cm³/mol. The number of ether oxygens (including phenoxy) is 2. The Labute approximate surface area is 360 Å². The summed E-state index contributed by atoms with van der Waals surface area (Å²) in [6.45, 7) is 0.779. The molecule has 0 saturated heterocycles. The highest BCUT2D eigenvalue weighted by atomic mass is 19.4. The topological polar surface area (TPSA) is 190 Å². The van der Waals surface area contributed by atoms with Gasteiger partial charge in [-0.05, 0) is 90.9 Å². The number of nitrogens with one attached hydrogen (secondary N) is 3. The Morgan fingerprint density at radius 3 is 2.05 bits per heavy atom. The Morgan fingerprint density at radius 2 is 1.41 bits per heavy atom. The number of aromatic nitrogens is 4. The number of alkyl halides is 3. The molecule has 0 bridgehead atoms. The lowest BCUT2D eigenvalue weighted by Gasteiger charge is -2.40. The average Bonchev–Trinajstić information content (AvgIpc) is 3.73. The molecule has 326 valence electrons. The van der Waals surface area contributed by atoms with Gasteiger partial charge in [-0.15, -0.1) is 10.2 Å². The van der Waals surface area contributed by atoms with Crippen LogP contribution in [0.2, 0.25) is 0 Å². The molecular formula is C46H44F3N7O7. The predicted octanol–water partition coefficient (Wildman–Crippen LogP) is 8.26. The number of carbonyl (C=O) groups excluding carboxylic acids is 3. The number of tetrazole rings is 1. The number of methoxy groups -OCH3 is 1. The number of rotatable bonds is 18. The molecule has 5 aromatic carbocycles. The summed E-state index contributed by atoms with van der Waals surface area (Å²) < 4.78 is 51.1. The lowest BCUT2D eigenvalue weighted by molar-refractivity contribution is -0.137. The van der Waals surface area contributed by atoms with E-state index in [1.54, 1.807) is 48.5 Å². The van der Waals surface area contributed by atoms with E-state index in [4.69, 9.17) is 9.47 Å². The molecule has 2 heterocycles. The van der Waals surface area contributed by atoms with Crippen LogP contribution in [0.1, 0.15) is 81.5 Å². The second-order valence-corrected chi connectivity index (χ2v) is 14.9. The van der Waals surface area contributed by atoms with E-state index < -0.39 is 17.3 Å². The molecular weight excluding hydrogens is 820 g/mol. The number of halogens is 3. The number of phenols is 2. The molecule has 1 aromatic heterocycles. The van der Waals surface area contributed by atoms with Gasteiger partial charge in [-0.1, -0.05) is 43.9 Å². The third-order valence-corrected chi connectivity index (χ3v) is 10.6. The van der Waals surface area contributed by atoms with Crippen LogP contribution < -0.4 is 20.7 Å². The molecule has 1 aliphatic heterocycles. The van der Waals surface area contributed by atoms with Crippen LogP contribution in [-0.4, -0.2) is 68.7 Å². The molecule has 14 nitrogen and oxygen atoms in total. The quantitative estimate of drug-likeness (QED) is 0.0413. The van der Waals surface area contributed by atoms with Gasteiger partial charge in [0.05, 0.1) is 5.56 Å². The maximum atomic E-state index is 13.2. The molecule has 5 N–H and O–H groups in total. The Balaban J connectivity index is 0.823. The number of phenolic OH excluding ortho intramolecular Hbond substituents is 2. The number of amides is 2. The fourth-order valence-electron chi connectivity index (χ4n) is 7.55. The Bertz CT molecular complexity index is 2550. The van der Waals surface area contributed by atoms with Crippen LogP contribution in [-0.2, 0) is 27.9 Å². The zero-order chi connectivity index (χ0) is 44.6. The zero-order valence-electron chi connectivity index (χ0n) is 34.1. The molecule has 0 aliphatic carbocycles. The molecule has 0 saturated carbocycles. The summed E-state index contributed by atoms with van der Waals surface area (Å²) >= 11 is 0. The molecule has 7 rings (SSSR count). The summed E-state index contributed by atoms with van der Waals surface area (Å²) in [7, 11) is 1.49. The zero-order valence-corrected chi connectivity index (χ0v) is 34.1. The van der Waals surface area contributed by atoms with Crippen molar-refractivity contribution in [3.05, 3.63) is 137 Å². The first-order valence-electron chi connectivity index (χ1n) is 20.3. The molecule has 0 radical (unpaired) electrons. The fraction of sp³-hybridized carbons (Fsp3) is 0.261. The lowest BCUT2D eigenvalue weighted by atomic mass is 9.75. The molecule has 0 fully saturated rings. The summed E-state index contributed by atoms with van der Waals surface area (Å²) in [5, 5.41) is 41.6. The third-order valence-electron chi connectivity index (χ3n) is 10.6. The molecule has 63 heavy (non-hydrogen) atoms. The van der Waals surface area contributed by atoms with Crippen LogP contribution in [0.25, 0.3) is 11.4 Å². The van der Waals surface area contributed by atoms with Crippen LogP contribution >= 0.6 is 0 Å². The van der Waals surface area contributed by atoms with Gasteiger partial charge in [-0.3, -0.25) is 14.4 Å². The number of benzene rings is 5. The van der Waals surface area contributed by atoms with Gasteiger partial charge in [0.2, 0.25) is 11.7 Å². The normalized spacial score (nSPS) is 12.7. The Hall–Kier alpha value is -7.27. The molecule has 6 aromatic rings. The lowest BCUT2D eigenvalue weighted by Crippen LogP contribution is -2.36. The van der Waals surface area contributed by atoms with E-state index in [0.29, 0.717) is 58.6 Å². The van der Waals surface area contributed by atoms with E-state index in [1.165, 1.54) is 54.4 Å². The summed E-state index contributed by atoms with van der Waals surface area (Å²) in [6.07, 6.45) is 1.43. The minimum atomic E-state index is -4.43. The van der Waals surface area contributed by atoms with Gasteiger partial charge < -0.3 is 35.6 Å². The standard InChI is InChI=1S/C46H44F3N7O7/c1-62-45(37-20-17-33(58)25-40(37)63-41-26-34(59)18-21-38(41)45)36-19-12-29(24-30(36)28-57)44(61)51-23-9-5-3-2-4-8-22-50-42(60)27-56-54-43(53-55-56)35-10-6-7-11-39(35)52-32-15-13-31(14-16-32)46(47,48)49/h6-7,10-21,24-26,28,52,58-59H,2-5,8-9,22-23,27H2,1H3,(H,50,60)(H,51,61). The number of aromatic hydroxyl groups is 2. The van der Waals surface area contributed by atoms with Crippen molar-refractivity contribution in [2.24, 2.45) is 0 Å². The van der Waals surface area contributed by atoms with Crippen LogP contribution in [0.5, 0.6) is 23.0 Å². The molecule has 0 unspecified atom stereocenters. The highest BCUT2D eigenvalue weighted by Gasteiger charge is 2.46. The minimum absolute atomic E-state index is 0.0387. The van der Waals surface area contributed by atoms with Crippen LogP contribution in [0, 0.1) is 0 Å². The smallest absolute Gasteiger partial charge is 0.416 e. The Morgan fingerprint density at radius 1 is 0.794 bits per heavy atom. The number of unbranched alkanes of at least 4 members (excludes halogenated alkanes) is 5. The van der Waals surface area contributed by atoms with E-state index in [1.807, 2.05) is 0 Å². The van der Waals surface area contributed by atoms with Gasteiger partial charge in [0.1, 0.15) is 35.8 Å². The number of hydrogen-bond acceptors (Lipinski definition) is 11. The van der Waals surface area contributed by atoms with E-state index >= 15 is 0 Å². The molecule has 1 aliphatic rings. The van der Waals surface area contributed by atoms with E-state index in [-0.39, 0.29) is 52.7 Å². The summed E-state index contributed by atoms with van der Waals surface area (Å²) in [4.78, 5) is 39.5. The van der Waals surface area contributed by atoms with Gasteiger partial charge >= 0.3 is 6.18 Å². The van der Waals surface area contributed by atoms with Gasteiger partial charge in [0, 0.05) is 77.1 Å². The van der Waals surface area contributed by atoms with Gasteiger partial charge in [-0.25, -0.2) is 0 Å². The fourth-order valence-corrected chi connectivity index (χ4v) is 7.55. The highest BCUT2D eigenvalue weighted by molar-refractivity contribution is 5.96. The number of carbonyl (C=O) groups is 3. The van der Waals surface area contributed by atoms with Crippen molar-refractivity contribution in [3.8, 4) is 34.4 Å². The van der Waals surface area contributed by atoms with E-state index in [2.05, 4.69) is 31.4 Å². The number of anilines is 2. The van der Waals surface area contributed by atoms with Crippen molar-refractivity contribution in [3.63, 3.8) is 0 Å². The number of aldehydes is 1. The molecule has 0 atom stereocenters. The van der Waals surface area contributed by atoms with Crippen molar-refractivity contribution in [2.75, 3.05) is 25.5 Å². The Kier molecular flexibility index (Phi) is 13.3. The summed E-state index contributed by atoms with van der Waals surface area (Å²) in [5.74, 6) is 0.134. The minimum Gasteiger partial charge on any atom is -0.508 e. The molecule has 2 amide bonds. The van der Waals surface area contributed by atoms with Crippen molar-refractivity contribution in [1.82, 2.24) is 30.8 Å². The van der Waals surface area contributed by atoms with Crippen LogP contribution in [0.3, 0.4) is 0 Å². The van der Waals surface area contributed by atoms with Crippen molar-refractivity contribution in [1.29, 1.82) is 0 Å². The van der Waals surface area contributed by atoms with Crippen LogP contribution in [0.4, 0.5) is 24.5 Å². The maximum absolute atomic E-state index is 13.2. The SMILES string of the molecule is COC1(c2ccc(C(=O)NCCCCCCCCNC(=O)Cn3nnc(-c4ccccc4Nc4ccc(C(F)(F)F)cc4)n3)cc2C=O)c2ccc(O)cc2Oc2cc(O)ccc21. The van der Waals surface area contributed by atoms with Gasteiger partial charge in [-0.2, -0.15) is 18.0 Å². The average molecular weight is 864 g/mol. The second-order valence-electron chi connectivity index (χ2n) is 14.9. The second kappa shape index (κ2) is 19.2. The van der Waals surface area contributed by atoms with E-state index in [9.17, 15) is 37.8 Å². The number of fused-ring (bicyclic) bond motifs is 2. The number of nitrogens with zero attached hydrogens (tertiary/aromatic N) is 4. The number of para-hydroxylation sites is 1. The molecule has 0 spiro atoms. The largest absolute Gasteiger partial charge is 0.508 e. The first-order chi connectivity index (χ1) is 30.4. The summed E-state index contributed by atoms with van der Waals surface area (Å²) in [5.41, 5.74) is 1.49. The van der Waals surface area contributed by atoms with Crippen molar-refractivity contribution >= 4 is 29.5 Å². The first-order valence-corrected chi connectivity index (χ1v) is 20.3. The summed E-state index contributed by atoms with van der Waals surface area (Å²) in [6, 6.07) is 25.6. The highest BCUT2D eigenvalue weighted by Crippen LogP contribution is 2.54. The van der Waals surface area contributed by atoms with Gasteiger partial charge in [0.25, 0.3) is 5.91 Å². The third kappa shape index (κ3) is 9.94. The number of hydrogen-bond donors (Lipinski definition) is 5. The molecule has 17 heteroatoms. The monoisotopic (exact) mass is 863 g/mol. The van der Waals surface area contributed by atoms with E-state index in [0.717, 1.165) is 50.7 Å². The first kappa shape index (κ1) is 43.8. The van der Waals surface area contributed by atoms with Crippen molar-refractivity contribution < 1.29 is 47.2 Å².